The highest BCUT2D eigenvalue weighted by Gasteiger charge is 2.45. The lowest BCUT2D eigenvalue weighted by molar-refractivity contribution is -0.0662. The molecule has 6 heteroatoms. The molecule has 0 saturated carbocycles. The maximum absolute atomic E-state index is 11.9. The third-order valence-electron chi connectivity index (χ3n) is 3.83. The van der Waals surface area contributed by atoms with Crippen molar-refractivity contribution in [3.8, 4) is 0 Å². The van der Waals surface area contributed by atoms with Gasteiger partial charge in [-0.25, -0.2) is 13.1 Å². The molecule has 21 heavy (non-hydrogen) atoms. The molecule has 1 heterocycles. The zero-order valence-electron chi connectivity index (χ0n) is 13.2. The molecule has 1 unspecified atom stereocenters. The summed E-state index contributed by atoms with van der Waals surface area (Å²) >= 11 is 0. The first kappa shape index (κ1) is 16.3. The fraction of sp³-hybridized carbons (Fsp3) is 0.600. The minimum atomic E-state index is -3.43. The van der Waals surface area contributed by atoms with Gasteiger partial charge in [0, 0.05) is 5.69 Å². The zero-order valence-corrected chi connectivity index (χ0v) is 14.0. The predicted octanol–water partition coefficient (Wildman–Crippen LogP) is 2.35. The van der Waals surface area contributed by atoms with Gasteiger partial charge in [0.15, 0.2) is 0 Å². The van der Waals surface area contributed by atoms with Crippen molar-refractivity contribution >= 4 is 15.7 Å². The molecule has 118 valence electrons. The topological polar surface area (TPSA) is 67.4 Å². The van der Waals surface area contributed by atoms with Crippen LogP contribution in [0.4, 0.5) is 5.69 Å². The summed E-state index contributed by atoms with van der Waals surface area (Å²) in [7, 11) is -2.02. The Balaban J connectivity index is 2.23. The van der Waals surface area contributed by atoms with E-state index in [0.717, 1.165) is 12.1 Å². The van der Waals surface area contributed by atoms with Crippen LogP contribution in [0.15, 0.2) is 29.2 Å². The number of anilines is 1. The quantitative estimate of drug-likeness (QED) is 0.895. The SMILES string of the molecule is CNS(=O)(=O)c1cccc(NC2CC(C)(C)OC2(C)C)c1. The van der Waals surface area contributed by atoms with Crippen LogP contribution >= 0.6 is 0 Å². The third-order valence-corrected chi connectivity index (χ3v) is 5.24. The summed E-state index contributed by atoms with van der Waals surface area (Å²) in [6.07, 6.45) is 0.864. The molecule has 0 spiro atoms. The Labute approximate surface area is 127 Å². The molecule has 1 saturated heterocycles. The van der Waals surface area contributed by atoms with Crippen LogP contribution in [0.2, 0.25) is 0 Å². The van der Waals surface area contributed by atoms with E-state index in [-0.39, 0.29) is 22.1 Å². The molecule has 0 bridgehead atoms. The highest BCUT2D eigenvalue weighted by Crippen LogP contribution is 2.38. The molecule has 5 nitrogen and oxygen atoms in total. The predicted molar refractivity (Wildman–Crippen MR) is 84.0 cm³/mol. The second-order valence-electron chi connectivity index (χ2n) is 6.60. The van der Waals surface area contributed by atoms with Gasteiger partial charge in [-0.05, 0) is 59.4 Å². The summed E-state index contributed by atoms with van der Waals surface area (Å²) in [4.78, 5) is 0.256. The average Bonchev–Trinajstić information content (AvgIpc) is 2.57. The highest BCUT2D eigenvalue weighted by atomic mass is 32.2. The first-order valence-electron chi connectivity index (χ1n) is 7.06. The van der Waals surface area contributed by atoms with Gasteiger partial charge in [-0.2, -0.15) is 0 Å². The molecular formula is C15H24N2O3S. The second kappa shape index (κ2) is 5.26. The van der Waals surface area contributed by atoms with Gasteiger partial charge < -0.3 is 10.1 Å². The summed E-state index contributed by atoms with van der Waals surface area (Å²) in [5.74, 6) is 0. The Morgan fingerprint density at radius 1 is 1.24 bits per heavy atom. The summed E-state index contributed by atoms with van der Waals surface area (Å²) in [5, 5.41) is 3.41. The molecule has 0 aromatic heterocycles. The summed E-state index contributed by atoms with van der Waals surface area (Å²) in [6, 6.07) is 6.96. The van der Waals surface area contributed by atoms with Gasteiger partial charge in [0.2, 0.25) is 10.0 Å². The van der Waals surface area contributed by atoms with Crippen LogP contribution in [0.25, 0.3) is 0 Å². The fourth-order valence-electron chi connectivity index (χ4n) is 2.86. The first-order valence-corrected chi connectivity index (χ1v) is 8.54. The lowest BCUT2D eigenvalue weighted by Gasteiger charge is -2.28. The van der Waals surface area contributed by atoms with Gasteiger partial charge in [0.1, 0.15) is 0 Å². The van der Waals surface area contributed by atoms with Crippen LogP contribution in [0.1, 0.15) is 34.1 Å². The van der Waals surface area contributed by atoms with Crippen LogP contribution in [0.5, 0.6) is 0 Å². The molecule has 0 aliphatic carbocycles. The Kier molecular flexibility index (Phi) is 4.08. The number of nitrogens with one attached hydrogen (secondary N) is 2. The molecule has 2 N–H and O–H groups in total. The van der Waals surface area contributed by atoms with Crippen LogP contribution in [0, 0.1) is 0 Å². The molecule has 0 amide bonds. The van der Waals surface area contributed by atoms with Gasteiger partial charge in [-0.15, -0.1) is 0 Å². The first-order chi connectivity index (χ1) is 9.56. The van der Waals surface area contributed by atoms with Gasteiger partial charge in [-0.3, -0.25) is 0 Å². The van der Waals surface area contributed by atoms with Gasteiger partial charge >= 0.3 is 0 Å². The Bertz CT molecular complexity index is 624. The number of hydrogen-bond acceptors (Lipinski definition) is 4. The smallest absolute Gasteiger partial charge is 0.240 e. The van der Waals surface area contributed by atoms with E-state index in [9.17, 15) is 8.42 Å². The monoisotopic (exact) mass is 312 g/mol. The molecule has 1 atom stereocenters. The molecule has 1 aromatic carbocycles. The zero-order chi connectivity index (χ0) is 15.9. The molecule has 1 aliphatic rings. The van der Waals surface area contributed by atoms with Crippen molar-refractivity contribution < 1.29 is 13.2 Å². The van der Waals surface area contributed by atoms with E-state index in [1.807, 2.05) is 19.9 Å². The van der Waals surface area contributed by atoms with Crippen molar-refractivity contribution in [1.82, 2.24) is 4.72 Å². The van der Waals surface area contributed by atoms with Crippen molar-refractivity contribution in [2.24, 2.45) is 0 Å². The number of benzene rings is 1. The largest absolute Gasteiger partial charge is 0.379 e. The van der Waals surface area contributed by atoms with Crippen molar-refractivity contribution in [3.05, 3.63) is 24.3 Å². The standard InChI is InChI=1S/C15H24N2O3S/c1-14(2)10-13(15(3,4)20-14)17-11-7-6-8-12(9-11)21(18,19)16-5/h6-9,13,16-17H,10H2,1-5H3. The van der Waals surface area contributed by atoms with E-state index in [4.69, 9.17) is 4.74 Å². The van der Waals surface area contributed by atoms with Crippen molar-refractivity contribution in [1.29, 1.82) is 0 Å². The van der Waals surface area contributed by atoms with E-state index in [2.05, 4.69) is 23.9 Å². The minimum Gasteiger partial charge on any atom is -0.379 e. The summed E-state index contributed by atoms with van der Waals surface area (Å²) in [5.41, 5.74) is 0.294. The normalized spacial score (nSPS) is 24.0. The number of rotatable bonds is 4. The lowest BCUT2D eigenvalue weighted by atomic mass is 9.94. The van der Waals surface area contributed by atoms with Gasteiger partial charge in [-0.1, -0.05) is 6.07 Å². The van der Waals surface area contributed by atoms with E-state index >= 15 is 0 Å². The fourth-order valence-corrected chi connectivity index (χ4v) is 3.63. The minimum absolute atomic E-state index is 0.125. The maximum atomic E-state index is 11.9. The van der Waals surface area contributed by atoms with Crippen molar-refractivity contribution in [2.45, 2.75) is 56.3 Å². The number of ether oxygens (including phenoxy) is 1. The van der Waals surface area contributed by atoms with Crippen molar-refractivity contribution in [3.63, 3.8) is 0 Å². The molecule has 0 radical (unpaired) electrons. The van der Waals surface area contributed by atoms with Gasteiger partial charge in [0.05, 0.1) is 22.1 Å². The van der Waals surface area contributed by atoms with E-state index in [0.29, 0.717) is 0 Å². The van der Waals surface area contributed by atoms with E-state index < -0.39 is 10.0 Å². The molecule has 1 fully saturated rings. The second-order valence-corrected chi connectivity index (χ2v) is 8.49. The summed E-state index contributed by atoms with van der Waals surface area (Å²) < 4.78 is 32.1. The lowest BCUT2D eigenvalue weighted by Crippen LogP contribution is -2.38. The molecule has 1 aliphatic heterocycles. The number of hydrogen-bond donors (Lipinski definition) is 2. The Morgan fingerprint density at radius 3 is 2.43 bits per heavy atom. The molecule has 1 aromatic rings. The van der Waals surface area contributed by atoms with Gasteiger partial charge in [0.25, 0.3) is 0 Å². The average molecular weight is 312 g/mol. The Hall–Kier alpha value is -1.11. The van der Waals surface area contributed by atoms with E-state index in [1.165, 1.54) is 7.05 Å². The highest BCUT2D eigenvalue weighted by molar-refractivity contribution is 7.89. The summed E-state index contributed by atoms with van der Waals surface area (Å²) in [6.45, 7) is 8.23. The van der Waals surface area contributed by atoms with Crippen molar-refractivity contribution in [2.75, 3.05) is 12.4 Å². The van der Waals surface area contributed by atoms with Crippen LogP contribution in [-0.4, -0.2) is 32.7 Å². The van der Waals surface area contributed by atoms with Crippen LogP contribution in [-0.2, 0) is 14.8 Å². The Morgan fingerprint density at radius 2 is 1.90 bits per heavy atom. The van der Waals surface area contributed by atoms with E-state index in [1.54, 1.807) is 18.2 Å². The van der Waals surface area contributed by atoms with Crippen LogP contribution in [0.3, 0.4) is 0 Å². The maximum Gasteiger partial charge on any atom is 0.240 e. The number of sulfonamides is 1. The molecule has 2 rings (SSSR count). The molecular weight excluding hydrogens is 288 g/mol. The van der Waals surface area contributed by atoms with Crippen LogP contribution < -0.4 is 10.0 Å². The third kappa shape index (κ3) is 3.56.